The van der Waals surface area contributed by atoms with Crippen molar-refractivity contribution in [2.45, 2.75) is 0 Å². The first kappa shape index (κ1) is 12.7. The number of para-hydroxylation sites is 1. The van der Waals surface area contributed by atoms with Crippen LogP contribution in [0.1, 0.15) is 15.9 Å². The Morgan fingerprint density at radius 2 is 2.00 bits per heavy atom. The van der Waals surface area contributed by atoms with Crippen molar-refractivity contribution in [2.24, 2.45) is 5.73 Å². The summed E-state index contributed by atoms with van der Waals surface area (Å²) in [4.78, 5) is 19.6. The summed E-state index contributed by atoms with van der Waals surface area (Å²) < 4.78 is 0. The van der Waals surface area contributed by atoms with E-state index in [-0.39, 0.29) is 12.5 Å². The van der Waals surface area contributed by atoms with Crippen molar-refractivity contribution in [1.29, 1.82) is 0 Å². The lowest BCUT2D eigenvalue weighted by atomic mass is 10.1. The summed E-state index contributed by atoms with van der Waals surface area (Å²) in [5, 5.41) is 2.77. The summed E-state index contributed by atoms with van der Waals surface area (Å²) in [6.45, 7) is 0.273. The van der Waals surface area contributed by atoms with Crippen LogP contribution >= 0.6 is 0 Å². The summed E-state index contributed by atoms with van der Waals surface area (Å²) in [5.74, 6) is 5.39. The third kappa shape index (κ3) is 3.37. The highest BCUT2D eigenvalue weighted by atomic mass is 16.1. The maximum Gasteiger partial charge on any atom is 0.258 e. The van der Waals surface area contributed by atoms with E-state index in [0.29, 0.717) is 11.3 Å². The van der Waals surface area contributed by atoms with Crippen LogP contribution in [0, 0.1) is 11.8 Å². The smallest absolute Gasteiger partial charge is 0.258 e. The zero-order valence-electron chi connectivity index (χ0n) is 10.1. The standard InChI is InChI=1S/C14H12N4O/c15-7-3-5-11-4-1-2-6-13(11)18-14(19)12-8-16-10-17-9-12/h1-2,4,6,8-10H,7,15H2,(H,18,19). The molecule has 0 aliphatic carbocycles. The molecule has 0 bridgehead atoms. The molecule has 0 aliphatic rings. The normalized spacial score (nSPS) is 9.32. The number of amides is 1. The van der Waals surface area contributed by atoms with E-state index in [1.54, 1.807) is 6.07 Å². The molecule has 0 fully saturated rings. The first-order chi connectivity index (χ1) is 9.31. The Kier molecular flexibility index (Phi) is 4.21. The van der Waals surface area contributed by atoms with Gasteiger partial charge in [0.1, 0.15) is 6.33 Å². The molecule has 94 valence electrons. The number of nitrogens with one attached hydrogen (secondary N) is 1. The van der Waals surface area contributed by atoms with Gasteiger partial charge in [0.15, 0.2) is 0 Å². The minimum Gasteiger partial charge on any atom is -0.321 e. The highest BCUT2D eigenvalue weighted by Crippen LogP contribution is 2.14. The van der Waals surface area contributed by atoms with Gasteiger partial charge in [-0.2, -0.15) is 0 Å². The predicted molar refractivity (Wildman–Crippen MR) is 72.4 cm³/mol. The van der Waals surface area contributed by atoms with Crippen LogP contribution in [0.5, 0.6) is 0 Å². The summed E-state index contributed by atoms with van der Waals surface area (Å²) in [5.41, 5.74) is 7.09. The Morgan fingerprint density at radius 1 is 1.26 bits per heavy atom. The zero-order valence-corrected chi connectivity index (χ0v) is 10.1. The number of anilines is 1. The Labute approximate surface area is 110 Å². The number of benzene rings is 1. The average Bonchev–Trinajstić information content (AvgIpc) is 2.47. The van der Waals surface area contributed by atoms with E-state index in [2.05, 4.69) is 27.1 Å². The molecule has 0 radical (unpaired) electrons. The van der Waals surface area contributed by atoms with Crippen molar-refractivity contribution in [3.05, 3.63) is 54.1 Å². The Balaban J connectivity index is 2.22. The summed E-state index contributed by atoms with van der Waals surface area (Å²) in [6.07, 6.45) is 4.28. The Hall–Kier alpha value is -2.71. The van der Waals surface area contributed by atoms with Crippen LogP contribution < -0.4 is 11.1 Å². The van der Waals surface area contributed by atoms with Gasteiger partial charge in [-0.25, -0.2) is 9.97 Å². The van der Waals surface area contributed by atoms with Gasteiger partial charge in [-0.15, -0.1) is 0 Å². The average molecular weight is 252 g/mol. The van der Waals surface area contributed by atoms with E-state index in [9.17, 15) is 4.79 Å². The van der Waals surface area contributed by atoms with Crippen LogP contribution in [-0.4, -0.2) is 22.4 Å². The highest BCUT2D eigenvalue weighted by molar-refractivity contribution is 6.04. The molecular weight excluding hydrogens is 240 g/mol. The van der Waals surface area contributed by atoms with Crippen LogP contribution in [0.15, 0.2) is 43.0 Å². The number of nitrogens with two attached hydrogens (primary N) is 1. The Bertz CT molecular complexity index is 629. The molecule has 5 nitrogen and oxygen atoms in total. The van der Waals surface area contributed by atoms with Crippen LogP contribution in [0.25, 0.3) is 0 Å². The van der Waals surface area contributed by atoms with Gasteiger partial charge in [0.05, 0.1) is 17.8 Å². The van der Waals surface area contributed by atoms with Crippen molar-refractivity contribution in [1.82, 2.24) is 9.97 Å². The molecule has 1 aromatic carbocycles. The molecule has 2 aromatic rings. The molecule has 0 atom stereocenters. The molecule has 0 saturated heterocycles. The fraction of sp³-hybridized carbons (Fsp3) is 0.0714. The van der Waals surface area contributed by atoms with Gasteiger partial charge in [-0.3, -0.25) is 4.79 Å². The first-order valence-corrected chi connectivity index (χ1v) is 5.65. The molecule has 0 aliphatic heterocycles. The lowest BCUT2D eigenvalue weighted by Gasteiger charge is -2.06. The zero-order chi connectivity index (χ0) is 13.5. The molecule has 2 rings (SSSR count). The van der Waals surface area contributed by atoms with Crippen molar-refractivity contribution in [2.75, 3.05) is 11.9 Å². The van der Waals surface area contributed by atoms with E-state index in [1.165, 1.54) is 18.7 Å². The van der Waals surface area contributed by atoms with E-state index < -0.39 is 0 Å². The third-order valence-electron chi connectivity index (χ3n) is 2.32. The minimum absolute atomic E-state index is 0.273. The summed E-state index contributed by atoms with van der Waals surface area (Å²) >= 11 is 0. The largest absolute Gasteiger partial charge is 0.321 e. The van der Waals surface area contributed by atoms with Gasteiger partial charge in [-0.05, 0) is 12.1 Å². The monoisotopic (exact) mass is 252 g/mol. The van der Waals surface area contributed by atoms with Crippen LogP contribution in [0.3, 0.4) is 0 Å². The lowest BCUT2D eigenvalue weighted by Crippen LogP contribution is -2.13. The molecule has 0 unspecified atom stereocenters. The van der Waals surface area contributed by atoms with Gasteiger partial charge in [0.25, 0.3) is 5.91 Å². The minimum atomic E-state index is -0.275. The van der Waals surface area contributed by atoms with E-state index in [4.69, 9.17) is 5.73 Å². The van der Waals surface area contributed by atoms with Gasteiger partial charge >= 0.3 is 0 Å². The molecule has 1 aromatic heterocycles. The SMILES string of the molecule is NCC#Cc1ccccc1NC(=O)c1cncnc1. The van der Waals surface area contributed by atoms with E-state index in [0.717, 1.165) is 5.56 Å². The van der Waals surface area contributed by atoms with Gasteiger partial charge in [-0.1, -0.05) is 24.0 Å². The third-order valence-corrected chi connectivity index (χ3v) is 2.32. The summed E-state index contributed by atoms with van der Waals surface area (Å²) in [6, 6.07) is 7.27. The molecule has 0 saturated carbocycles. The van der Waals surface area contributed by atoms with Gasteiger partial charge < -0.3 is 11.1 Å². The predicted octanol–water partition coefficient (Wildman–Crippen LogP) is 1.04. The number of hydrogen-bond acceptors (Lipinski definition) is 4. The number of rotatable bonds is 2. The first-order valence-electron chi connectivity index (χ1n) is 5.65. The van der Waals surface area contributed by atoms with Crippen LogP contribution in [-0.2, 0) is 0 Å². The number of aromatic nitrogens is 2. The summed E-state index contributed by atoms with van der Waals surface area (Å²) in [7, 11) is 0. The van der Waals surface area contributed by atoms with Crippen molar-refractivity contribution < 1.29 is 4.79 Å². The highest BCUT2D eigenvalue weighted by Gasteiger charge is 2.08. The van der Waals surface area contributed by atoms with Gasteiger partial charge in [0.2, 0.25) is 0 Å². The van der Waals surface area contributed by atoms with Crippen molar-refractivity contribution in [3.8, 4) is 11.8 Å². The number of hydrogen-bond donors (Lipinski definition) is 2. The van der Waals surface area contributed by atoms with E-state index in [1.807, 2.05) is 18.2 Å². The molecule has 1 heterocycles. The van der Waals surface area contributed by atoms with E-state index >= 15 is 0 Å². The lowest BCUT2D eigenvalue weighted by molar-refractivity contribution is 0.102. The molecule has 0 spiro atoms. The fourth-order valence-electron chi connectivity index (χ4n) is 1.46. The quantitative estimate of drug-likeness (QED) is 0.782. The molecule has 1 amide bonds. The number of carbonyl (C=O) groups is 1. The van der Waals surface area contributed by atoms with Crippen LogP contribution in [0.4, 0.5) is 5.69 Å². The number of carbonyl (C=O) groups excluding carboxylic acids is 1. The Morgan fingerprint density at radius 3 is 2.74 bits per heavy atom. The maximum atomic E-state index is 12.0. The van der Waals surface area contributed by atoms with Crippen molar-refractivity contribution >= 4 is 11.6 Å². The fourth-order valence-corrected chi connectivity index (χ4v) is 1.46. The molecule has 19 heavy (non-hydrogen) atoms. The topological polar surface area (TPSA) is 80.9 Å². The van der Waals surface area contributed by atoms with Crippen molar-refractivity contribution in [3.63, 3.8) is 0 Å². The molecule has 3 N–H and O–H groups in total. The van der Waals surface area contributed by atoms with Gasteiger partial charge in [0, 0.05) is 18.0 Å². The molecule has 5 heteroatoms. The number of nitrogens with zero attached hydrogens (tertiary/aromatic N) is 2. The molecular formula is C14H12N4O. The second-order valence-corrected chi connectivity index (χ2v) is 3.63. The van der Waals surface area contributed by atoms with Crippen LogP contribution in [0.2, 0.25) is 0 Å². The maximum absolute atomic E-state index is 12.0. The second-order valence-electron chi connectivity index (χ2n) is 3.63. The second kappa shape index (κ2) is 6.28.